The molecule has 0 saturated carbocycles. The molecular formula is C19H27N3O2. The van der Waals surface area contributed by atoms with E-state index in [4.69, 9.17) is 4.74 Å². The molecule has 0 aliphatic carbocycles. The first-order valence-corrected chi connectivity index (χ1v) is 8.68. The second-order valence-corrected chi connectivity index (χ2v) is 6.91. The van der Waals surface area contributed by atoms with Crippen LogP contribution in [0.5, 0.6) is 5.75 Å². The summed E-state index contributed by atoms with van der Waals surface area (Å²) in [5.74, 6) is 0.897. The summed E-state index contributed by atoms with van der Waals surface area (Å²) in [6, 6.07) is 9.89. The third-order valence-electron chi connectivity index (χ3n) is 4.88. The number of ether oxygens (including phenoxy) is 1. The van der Waals surface area contributed by atoms with Crippen molar-refractivity contribution in [1.82, 2.24) is 14.7 Å². The Morgan fingerprint density at radius 1 is 1.29 bits per heavy atom. The normalized spacial score (nSPS) is 21.8. The van der Waals surface area contributed by atoms with E-state index in [2.05, 4.69) is 16.2 Å². The maximum atomic E-state index is 10.0. The van der Waals surface area contributed by atoms with Gasteiger partial charge in [-0.3, -0.25) is 9.58 Å². The highest BCUT2D eigenvalue weighted by Gasteiger charge is 2.34. The third kappa shape index (κ3) is 4.36. The topological polar surface area (TPSA) is 50.5 Å². The first-order chi connectivity index (χ1) is 11.7. The van der Waals surface area contributed by atoms with Gasteiger partial charge in [-0.1, -0.05) is 18.2 Å². The maximum Gasteiger partial charge on any atom is 0.119 e. The Hall–Kier alpha value is -1.85. The highest BCUT2D eigenvalue weighted by atomic mass is 16.5. The Morgan fingerprint density at radius 2 is 2.12 bits per heavy atom. The van der Waals surface area contributed by atoms with Crippen molar-refractivity contribution in [2.75, 3.05) is 26.3 Å². The number of nitrogens with zero attached hydrogens (tertiary/aromatic N) is 3. The van der Waals surface area contributed by atoms with Crippen molar-refractivity contribution in [2.45, 2.75) is 25.8 Å². The second-order valence-electron chi connectivity index (χ2n) is 6.91. The van der Waals surface area contributed by atoms with Crippen molar-refractivity contribution >= 4 is 0 Å². The van der Waals surface area contributed by atoms with E-state index in [0.29, 0.717) is 6.61 Å². The number of aliphatic hydroxyl groups is 1. The number of rotatable bonds is 7. The maximum absolute atomic E-state index is 10.0. The van der Waals surface area contributed by atoms with Gasteiger partial charge in [-0.2, -0.15) is 5.10 Å². The van der Waals surface area contributed by atoms with Crippen LogP contribution < -0.4 is 4.74 Å². The molecule has 5 nitrogen and oxygen atoms in total. The second kappa shape index (κ2) is 7.81. The average Bonchev–Trinajstić information content (AvgIpc) is 3.01. The third-order valence-corrected chi connectivity index (χ3v) is 4.88. The van der Waals surface area contributed by atoms with Gasteiger partial charge in [0.15, 0.2) is 0 Å². The van der Waals surface area contributed by atoms with E-state index in [9.17, 15) is 5.11 Å². The van der Waals surface area contributed by atoms with Gasteiger partial charge in [0.25, 0.3) is 0 Å². The fourth-order valence-corrected chi connectivity index (χ4v) is 3.57. The number of likely N-dealkylation sites (tertiary alicyclic amines) is 1. The van der Waals surface area contributed by atoms with Gasteiger partial charge in [0, 0.05) is 37.3 Å². The summed E-state index contributed by atoms with van der Waals surface area (Å²) in [4.78, 5) is 2.43. The number of aromatic nitrogens is 2. The minimum absolute atomic E-state index is 0.0603. The SMILES string of the molecule is Cn1cc(CN2CCCC(CO)(CCOc3ccccc3)C2)cn1. The minimum Gasteiger partial charge on any atom is -0.494 e. The van der Waals surface area contributed by atoms with Crippen LogP contribution in [0.25, 0.3) is 0 Å². The molecule has 130 valence electrons. The molecule has 0 spiro atoms. The predicted molar refractivity (Wildman–Crippen MR) is 93.8 cm³/mol. The molecule has 1 saturated heterocycles. The summed E-state index contributed by atoms with van der Waals surface area (Å²) < 4.78 is 7.69. The van der Waals surface area contributed by atoms with Crippen LogP contribution in [-0.2, 0) is 13.6 Å². The number of piperidine rings is 1. The molecule has 1 aromatic carbocycles. The Labute approximate surface area is 143 Å². The van der Waals surface area contributed by atoms with Crippen LogP contribution in [-0.4, -0.2) is 46.1 Å². The van der Waals surface area contributed by atoms with Gasteiger partial charge in [-0.25, -0.2) is 0 Å². The largest absolute Gasteiger partial charge is 0.494 e. The average molecular weight is 329 g/mol. The Balaban J connectivity index is 1.54. The molecule has 0 radical (unpaired) electrons. The van der Waals surface area contributed by atoms with E-state index in [1.54, 1.807) is 0 Å². The molecule has 1 aliphatic heterocycles. The van der Waals surface area contributed by atoms with Crippen molar-refractivity contribution in [3.63, 3.8) is 0 Å². The summed E-state index contributed by atoms with van der Waals surface area (Å²) in [5, 5.41) is 14.3. The van der Waals surface area contributed by atoms with Crippen molar-refractivity contribution < 1.29 is 9.84 Å². The number of para-hydroxylation sites is 1. The summed E-state index contributed by atoms with van der Waals surface area (Å²) in [5.41, 5.74) is 1.17. The summed E-state index contributed by atoms with van der Waals surface area (Å²) >= 11 is 0. The fraction of sp³-hybridized carbons (Fsp3) is 0.526. The van der Waals surface area contributed by atoms with Crippen LogP contribution in [0.3, 0.4) is 0 Å². The van der Waals surface area contributed by atoms with Gasteiger partial charge >= 0.3 is 0 Å². The highest BCUT2D eigenvalue weighted by molar-refractivity contribution is 5.20. The molecule has 1 N–H and O–H groups in total. The lowest BCUT2D eigenvalue weighted by Gasteiger charge is -2.41. The molecule has 2 aromatic rings. The number of aryl methyl sites for hydroxylation is 1. The number of benzene rings is 1. The minimum atomic E-state index is -0.0603. The van der Waals surface area contributed by atoms with Gasteiger partial charge < -0.3 is 9.84 Å². The standard InChI is InChI=1S/C19H27N3O2/c1-21-13-17(12-20-21)14-22-10-5-8-19(15-22,16-23)9-11-24-18-6-3-2-4-7-18/h2-4,6-7,12-13,23H,5,8-11,14-16H2,1H3. The molecule has 3 rings (SSSR count). The molecule has 0 amide bonds. The van der Waals surface area contributed by atoms with Crippen LogP contribution in [0, 0.1) is 5.41 Å². The number of hydrogen-bond acceptors (Lipinski definition) is 4. The lowest BCUT2D eigenvalue weighted by atomic mass is 9.78. The number of aliphatic hydroxyl groups excluding tert-OH is 1. The predicted octanol–water partition coefficient (Wildman–Crippen LogP) is 2.46. The van der Waals surface area contributed by atoms with E-state index in [1.807, 2.05) is 48.3 Å². The zero-order valence-corrected chi connectivity index (χ0v) is 14.4. The zero-order chi connectivity index (χ0) is 16.8. The molecule has 24 heavy (non-hydrogen) atoms. The molecule has 5 heteroatoms. The van der Waals surface area contributed by atoms with Gasteiger partial charge in [0.05, 0.1) is 19.4 Å². The van der Waals surface area contributed by atoms with Crippen molar-refractivity contribution in [3.8, 4) is 5.75 Å². The van der Waals surface area contributed by atoms with Gasteiger partial charge in [0.1, 0.15) is 5.75 Å². The quantitative estimate of drug-likeness (QED) is 0.848. The molecule has 1 fully saturated rings. The van der Waals surface area contributed by atoms with E-state index in [1.165, 1.54) is 5.56 Å². The van der Waals surface area contributed by atoms with Gasteiger partial charge in [-0.05, 0) is 37.9 Å². The molecule has 1 unspecified atom stereocenters. The van der Waals surface area contributed by atoms with Gasteiger partial charge in [0.2, 0.25) is 0 Å². The van der Waals surface area contributed by atoms with Crippen molar-refractivity contribution in [1.29, 1.82) is 0 Å². The van der Waals surface area contributed by atoms with Crippen molar-refractivity contribution in [2.24, 2.45) is 12.5 Å². The smallest absolute Gasteiger partial charge is 0.119 e. The molecule has 1 aromatic heterocycles. The highest BCUT2D eigenvalue weighted by Crippen LogP contribution is 2.34. The Bertz CT molecular complexity index is 629. The van der Waals surface area contributed by atoms with Crippen LogP contribution >= 0.6 is 0 Å². The zero-order valence-electron chi connectivity index (χ0n) is 14.4. The van der Waals surface area contributed by atoms with Gasteiger partial charge in [-0.15, -0.1) is 0 Å². The molecule has 1 aliphatic rings. The Morgan fingerprint density at radius 3 is 2.83 bits per heavy atom. The molecule has 2 heterocycles. The lowest BCUT2D eigenvalue weighted by Crippen LogP contribution is -2.45. The molecule has 0 bridgehead atoms. The summed E-state index contributed by atoms with van der Waals surface area (Å²) in [7, 11) is 1.94. The number of hydrogen-bond donors (Lipinski definition) is 1. The molecule has 1 atom stereocenters. The monoisotopic (exact) mass is 329 g/mol. The van der Waals surface area contributed by atoms with E-state index in [-0.39, 0.29) is 12.0 Å². The molecular weight excluding hydrogens is 302 g/mol. The summed E-state index contributed by atoms with van der Waals surface area (Å²) in [6.45, 7) is 3.75. The van der Waals surface area contributed by atoms with Crippen LogP contribution in [0.1, 0.15) is 24.8 Å². The van der Waals surface area contributed by atoms with Crippen molar-refractivity contribution in [3.05, 3.63) is 48.3 Å². The summed E-state index contributed by atoms with van der Waals surface area (Å²) in [6.07, 6.45) is 7.04. The Kier molecular flexibility index (Phi) is 5.53. The van der Waals surface area contributed by atoms with E-state index in [0.717, 1.165) is 44.6 Å². The van der Waals surface area contributed by atoms with E-state index >= 15 is 0 Å². The van der Waals surface area contributed by atoms with E-state index < -0.39 is 0 Å². The first kappa shape index (κ1) is 17.0. The van der Waals surface area contributed by atoms with Crippen LogP contribution in [0.15, 0.2) is 42.7 Å². The first-order valence-electron chi connectivity index (χ1n) is 8.68. The van der Waals surface area contributed by atoms with Crippen LogP contribution in [0.2, 0.25) is 0 Å². The van der Waals surface area contributed by atoms with Crippen LogP contribution in [0.4, 0.5) is 0 Å². The lowest BCUT2D eigenvalue weighted by molar-refractivity contribution is 0.0128. The fourth-order valence-electron chi connectivity index (χ4n) is 3.57.